The zero-order valence-electron chi connectivity index (χ0n) is 20.2. The quantitative estimate of drug-likeness (QED) is 0.508. The van der Waals surface area contributed by atoms with E-state index in [2.05, 4.69) is 65.7 Å². The third kappa shape index (κ3) is 6.73. The molecule has 0 bridgehead atoms. The maximum atomic E-state index is 4.84. The first-order valence-corrected chi connectivity index (χ1v) is 13.0. The Kier molecular flexibility index (Phi) is 7.50. The Morgan fingerprint density at radius 2 is 1.81 bits per heavy atom. The van der Waals surface area contributed by atoms with Crippen molar-refractivity contribution in [2.45, 2.75) is 83.5 Å². The Morgan fingerprint density at radius 1 is 1.06 bits per heavy atom. The van der Waals surface area contributed by atoms with Gasteiger partial charge < -0.3 is 20.9 Å². The monoisotopic (exact) mass is 456 g/mol. The Labute approximate surface area is 197 Å². The average molecular weight is 457 g/mol. The lowest BCUT2D eigenvalue weighted by Gasteiger charge is -2.46. The van der Waals surface area contributed by atoms with E-state index in [1.54, 1.807) is 0 Å². The summed E-state index contributed by atoms with van der Waals surface area (Å²) in [6, 6.07) is 6.79. The third-order valence-electron chi connectivity index (χ3n) is 6.45. The number of likely N-dealkylation sites (tertiary alicyclic amines) is 1. The molecule has 4 rings (SSSR count). The van der Waals surface area contributed by atoms with Crippen LogP contribution in [0.15, 0.2) is 24.4 Å². The zero-order chi connectivity index (χ0) is 22.6. The second-order valence-electron chi connectivity index (χ2n) is 10.8. The van der Waals surface area contributed by atoms with Crippen molar-refractivity contribution in [2.75, 3.05) is 31.5 Å². The molecule has 0 atom stereocenters. The Balaban J connectivity index is 1.31. The van der Waals surface area contributed by atoms with Crippen LogP contribution >= 0.6 is 11.3 Å². The van der Waals surface area contributed by atoms with Gasteiger partial charge in [-0.1, -0.05) is 6.42 Å². The summed E-state index contributed by atoms with van der Waals surface area (Å²) in [5.74, 6) is 0.732. The Morgan fingerprint density at radius 3 is 2.56 bits per heavy atom. The largest absolute Gasteiger partial charge is 0.351 e. The van der Waals surface area contributed by atoms with E-state index < -0.39 is 0 Å². The van der Waals surface area contributed by atoms with Crippen LogP contribution in [-0.4, -0.2) is 58.2 Å². The second-order valence-corrected chi connectivity index (χ2v) is 11.9. The molecule has 0 aromatic carbocycles. The minimum absolute atomic E-state index is 0.0979. The fourth-order valence-corrected chi connectivity index (χ4v) is 6.36. The first kappa shape index (κ1) is 23.6. The SMILES string of the molecule is CC1(C)CC(Nc2nccc(-c3ccc(CNCCN4CCCCC4)s3)n2)CC(C)(C)N1. The predicted molar refractivity (Wildman–Crippen MR) is 135 cm³/mol. The molecule has 0 radical (unpaired) electrons. The summed E-state index contributed by atoms with van der Waals surface area (Å²) < 4.78 is 0. The minimum Gasteiger partial charge on any atom is -0.351 e. The Hall–Kier alpha value is -1.54. The molecule has 0 unspecified atom stereocenters. The minimum atomic E-state index is 0.0979. The van der Waals surface area contributed by atoms with E-state index in [1.807, 2.05) is 23.6 Å². The van der Waals surface area contributed by atoms with Gasteiger partial charge in [-0.15, -0.1) is 11.3 Å². The highest BCUT2D eigenvalue weighted by molar-refractivity contribution is 7.15. The number of nitrogens with zero attached hydrogens (tertiary/aromatic N) is 3. The number of rotatable bonds is 8. The van der Waals surface area contributed by atoms with E-state index in [-0.39, 0.29) is 11.1 Å². The highest BCUT2D eigenvalue weighted by Crippen LogP contribution is 2.31. The van der Waals surface area contributed by atoms with Crippen LogP contribution in [0.5, 0.6) is 0 Å². The van der Waals surface area contributed by atoms with Crippen LogP contribution in [0, 0.1) is 0 Å². The lowest BCUT2D eigenvalue weighted by Crippen LogP contribution is -2.60. The molecule has 0 aliphatic carbocycles. The maximum absolute atomic E-state index is 4.84. The fraction of sp³-hybridized carbons (Fsp3) is 0.680. The highest BCUT2D eigenvalue weighted by Gasteiger charge is 2.37. The van der Waals surface area contributed by atoms with E-state index in [1.165, 1.54) is 42.1 Å². The predicted octanol–water partition coefficient (Wildman–Crippen LogP) is 4.50. The van der Waals surface area contributed by atoms with Crippen LogP contribution < -0.4 is 16.0 Å². The molecule has 6 nitrogen and oxygen atoms in total. The molecule has 176 valence electrons. The van der Waals surface area contributed by atoms with Crippen molar-refractivity contribution in [3.8, 4) is 10.6 Å². The van der Waals surface area contributed by atoms with Crippen LogP contribution in [-0.2, 0) is 6.54 Å². The normalized spacial score (nSPS) is 21.5. The molecule has 4 heterocycles. The summed E-state index contributed by atoms with van der Waals surface area (Å²) in [7, 11) is 0. The van der Waals surface area contributed by atoms with E-state index in [9.17, 15) is 0 Å². The summed E-state index contributed by atoms with van der Waals surface area (Å²) in [5.41, 5.74) is 1.20. The molecule has 7 heteroatoms. The number of anilines is 1. The van der Waals surface area contributed by atoms with Crippen molar-refractivity contribution in [1.82, 2.24) is 25.5 Å². The van der Waals surface area contributed by atoms with Gasteiger partial charge in [-0.2, -0.15) is 0 Å². The Bertz CT molecular complexity index is 855. The van der Waals surface area contributed by atoms with Gasteiger partial charge in [-0.25, -0.2) is 9.97 Å². The van der Waals surface area contributed by atoms with E-state index >= 15 is 0 Å². The number of hydrogen-bond acceptors (Lipinski definition) is 7. The van der Waals surface area contributed by atoms with Crippen molar-refractivity contribution in [3.05, 3.63) is 29.3 Å². The number of nitrogens with one attached hydrogen (secondary N) is 3. The van der Waals surface area contributed by atoms with Crippen molar-refractivity contribution in [2.24, 2.45) is 0 Å². The van der Waals surface area contributed by atoms with E-state index in [4.69, 9.17) is 4.98 Å². The summed E-state index contributed by atoms with van der Waals surface area (Å²) in [4.78, 5) is 14.5. The lowest BCUT2D eigenvalue weighted by atomic mass is 9.80. The van der Waals surface area contributed by atoms with Crippen LogP contribution in [0.25, 0.3) is 10.6 Å². The third-order valence-corrected chi connectivity index (χ3v) is 7.55. The average Bonchev–Trinajstić information content (AvgIpc) is 3.19. The van der Waals surface area contributed by atoms with Crippen molar-refractivity contribution in [3.63, 3.8) is 0 Å². The number of aromatic nitrogens is 2. The lowest BCUT2D eigenvalue weighted by molar-refractivity contribution is 0.170. The number of hydrogen-bond donors (Lipinski definition) is 3. The van der Waals surface area contributed by atoms with Crippen LogP contribution in [0.4, 0.5) is 5.95 Å². The summed E-state index contributed by atoms with van der Waals surface area (Å²) in [6.07, 6.45) is 8.09. The number of piperidine rings is 2. The van der Waals surface area contributed by atoms with Gasteiger partial charge in [-0.3, -0.25) is 0 Å². The standard InChI is InChI=1S/C25H40N6S/c1-24(2)16-19(17-25(3,4)30-24)28-23-27-11-10-21(29-23)22-9-8-20(32-22)18-26-12-15-31-13-6-5-7-14-31/h8-11,19,26,30H,5-7,12-18H2,1-4H3,(H,27,28,29). The second kappa shape index (κ2) is 10.2. The molecule has 2 fully saturated rings. The van der Waals surface area contributed by atoms with Crippen molar-refractivity contribution in [1.29, 1.82) is 0 Å². The molecule has 2 aromatic rings. The van der Waals surface area contributed by atoms with Crippen molar-refractivity contribution >= 4 is 17.3 Å². The molecule has 32 heavy (non-hydrogen) atoms. The molecular weight excluding hydrogens is 416 g/mol. The molecule has 2 aliphatic rings. The molecular formula is C25H40N6S. The topological polar surface area (TPSA) is 65.1 Å². The molecule has 2 saturated heterocycles. The van der Waals surface area contributed by atoms with E-state index in [0.717, 1.165) is 44.1 Å². The van der Waals surface area contributed by atoms with Crippen molar-refractivity contribution < 1.29 is 0 Å². The molecule has 0 saturated carbocycles. The molecule has 3 N–H and O–H groups in total. The molecule has 0 spiro atoms. The van der Waals surface area contributed by atoms with Crippen LogP contribution in [0.2, 0.25) is 0 Å². The van der Waals surface area contributed by atoms with E-state index in [0.29, 0.717) is 6.04 Å². The molecule has 2 aromatic heterocycles. The van der Waals surface area contributed by atoms with Crippen LogP contribution in [0.1, 0.15) is 64.7 Å². The van der Waals surface area contributed by atoms with Gasteiger partial charge in [0.1, 0.15) is 0 Å². The molecule has 2 aliphatic heterocycles. The maximum Gasteiger partial charge on any atom is 0.223 e. The smallest absolute Gasteiger partial charge is 0.223 e. The van der Waals surface area contributed by atoms with Gasteiger partial charge in [0.25, 0.3) is 0 Å². The van der Waals surface area contributed by atoms with Gasteiger partial charge in [0, 0.05) is 47.8 Å². The van der Waals surface area contributed by atoms with Gasteiger partial charge in [0.05, 0.1) is 10.6 Å². The summed E-state index contributed by atoms with van der Waals surface area (Å²) in [5, 5.41) is 11.0. The zero-order valence-corrected chi connectivity index (χ0v) is 21.0. The van der Waals surface area contributed by atoms with Crippen LogP contribution in [0.3, 0.4) is 0 Å². The fourth-order valence-electron chi connectivity index (χ4n) is 5.41. The van der Waals surface area contributed by atoms with Gasteiger partial charge in [-0.05, 0) is 84.7 Å². The first-order valence-electron chi connectivity index (χ1n) is 12.2. The number of thiophene rings is 1. The summed E-state index contributed by atoms with van der Waals surface area (Å²) in [6.45, 7) is 14.8. The van der Waals surface area contributed by atoms with Gasteiger partial charge >= 0.3 is 0 Å². The van der Waals surface area contributed by atoms with Gasteiger partial charge in [0.15, 0.2) is 0 Å². The highest BCUT2D eigenvalue weighted by atomic mass is 32.1. The molecule has 0 amide bonds. The summed E-state index contributed by atoms with van der Waals surface area (Å²) >= 11 is 1.82. The first-order chi connectivity index (χ1) is 15.3. The van der Waals surface area contributed by atoms with Gasteiger partial charge in [0.2, 0.25) is 5.95 Å².